The maximum absolute atomic E-state index is 8.59. The monoisotopic (exact) mass is 131 g/mol. The first-order chi connectivity index (χ1) is 4.18. The van der Waals surface area contributed by atoms with Crippen molar-refractivity contribution in [3.05, 3.63) is 24.0 Å². The number of hydrogen-bond acceptors (Lipinski definition) is 5. The van der Waals surface area contributed by atoms with Crippen LogP contribution in [0.5, 0.6) is 0 Å². The molecule has 1 rings (SSSR count). The number of nitrogens with zero attached hydrogens (tertiary/aromatic N) is 1. The molecule has 0 aromatic heterocycles. The van der Waals surface area contributed by atoms with Gasteiger partial charge in [0.1, 0.15) is 12.0 Å². The van der Waals surface area contributed by atoms with Gasteiger partial charge in [-0.15, -0.1) is 0 Å². The standard InChI is InChI=1S/C4H5NO4/c6-3-1-4(7)9-5(8)2-3/h1-2,6-8H. The summed E-state index contributed by atoms with van der Waals surface area (Å²) in [6.45, 7) is 0. The fraction of sp³-hybridized carbons (Fsp3) is 0. The Kier molecular flexibility index (Phi) is 1.20. The summed E-state index contributed by atoms with van der Waals surface area (Å²) in [5.41, 5.74) is 0. The zero-order valence-corrected chi connectivity index (χ0v) is 4.35. The first-order valence-corrected chi connectivity index (χ1v) is 2.16. The quantitative estimate of drug-likeness (QED) is 0.444. The predicted octanol–water partition coefficient (Wildman–Crippen LogP) is 0.422. The van der Waals surface area contributed by atoms with Crippen LogP contribution in [-0.2, 0) is 4.84 Å². The Morgan fingerprint density at radius 1 is 1.44 bits per heavy atom. The van der Waals surface area contributed by atoms with Crippen LogP contribution in [0.4, 0.5) is 0 Å². The van der Waals surface area contributed by atoms with Gasteiger partial charge in [0.2, 0.25) is 0 Å². The molecule has 9 heavy (non-hydrogen) atoms. The first-order valence-electron chi connectivity index (χ1n) is 2.16. The van der Waals surface area contributed by atoms with E-state index >= 15 is 0 Å². The van der Waals surface area contributed by atoms with Gasteiger partial charge in [0.15, 0.2) is 0 Å². The second-order valence-electron chi connectivity index (χ2n) is 1.43. The molecule has 0 amide bonds. The highest BCUT2D eigenvalue weighted by atomic mass is 16.9. The van der Waals surface area contributed by atoms with Gasteiger partial charge in [0, 0.05) is 0 Å². The summed E-state index contributed by atoms with van der Waals surface area (Å²) in [5, 5.41) is 25.7. The third kappa shape index (κ3) is 1.26. The average Bonchev–Trinajstić information content (AvgIpc) is 1.59. The van der Waals surface area contributed by atoms with E-state index in [-0.39, 0.29) is 11.0 Å². The Balaban J connectivity index is 2.74. The summed E-state index contributed by atoms with van der Waals surface area (Å²) in [6, 6.07) is 0. The van der Waals surface area contributed by atoms with E-state index in [4.69, 9.17) is 15.4 Å². The molecular formula is C4H5NO4. The van der Waals surface area contributed by atoms with E-state index in [2.05, 4.69) is 4.84 Å². The third-order valence-electron chi connectivity index (χ3n) is 0.701. The van der Waals surface area contributed by atoms with Crippen LogP contribution in [0.25, 0.3) is 0 Å². The zero-order valence-electron chi connectivity index (χ0n) is 4.35. The van der Waals surface area contributed by atoms with Crippen LogP contribution in [0.1, 0.15) is 0 Å². The predicted molar refractivity (Wildman–Crippen MR) is 26.1 cm³/mol. The highest BCUT2D eigenvalue weighted by Gasteiger charge is 2.08. The van der Waals surface area contributed by atoms with Gasteiger partial charge in [0.05, 0.1) is 6.08 Å². The van der Waals surface area contributed by atoms with Crippen molar-refractivity contribution in [2.75, 3.05) is 0 Å². The van der Waals surface area contributed by atoms with Crippen molar-refractivity contribution in [3.63, 3.8) is 0 Å². The molecule has 1 heterocycles. The second-order valence-corrected chi connectivity index (χ2v) is 1.43. The summed E-state index contributed by atoms with van der Waals surface area (Å²) in [5.74, 6) is -0.834. The Morgan fingerprint density at radius 2 is 2.11 bits per heavy atom. The lowest BCUT2D eigenvalue weighted by Crippen LogP contribution is -2.16. The van der Waals surface area contributed by atoms with Gasteiger partial charge in [-0.3, -0.25) is 5.21 Å². The number of aliphatic hydroxyl groups is 2. The van der Waals surface area contributed by atoms with Crippen molar-refractivity contribution in [1.82, 2.24) is 5.23 Å². The molecule has 1 aliphatic rings. The minimum Gasteiger partial charge on any atom is -0.506 e. The molecule has 0 aromatic carbocycles. The van der Waals surface area contributed by atoms with Crippen molar-refractivity contribution in [3.8, 4) is 0 Å². The van der Waals surface area contributed by atoms with Crippen LogP contribution in [0.3, 0.4) is 0 Å². The highest BCUT2D eigenvalue weighted by molar-refractivity contribution is 5.11. The molecule has 0 saturated heterocycles. The average molecular weight is 131 g/mol. The minimum atomic E-state index is -0.558. The van der Waals surface area contributed by atoms with Crippen LogP contribution in [-0.4, -0.2) is 20.6 Å². The highest BCUT2D eigenvalue weighted by Crippen LogP contribution is 2.07. The summed E-state index contributed by atoms with van der Waals surface area (Å²) >= 11 is 0. The van der Waals surface area contributed by atoms with Gasteiger partial charge in [-0.05, 0) is 0 Å². The molecule has 0 saturated carbocycles. The summed E-state index contributed by atoms with van der Waals surface area (Å²) in [4.78, 5) is 4.13. The summed E-state index contributed by atoms with van der Waals surface area (Å²) in [7, 11) is 0. The molecule has 50 valence electrons. The number of rotatable bonds is 0. The van der Waals surface area contributed by atoms with E-state index < -0.39 is 5.95 Å². The maximum atomic E-state index is 8.59. The lowest BCUT2D eigenvalue weighted by molar-refractivity contribution is -0.303. The smallest absolute Gasteiger partial charge is 0.311 e. The molecule has 0 spiro atoms. The summed E-state index contributed by atoms with van der Waals surface area (Å²) in [6.07, 6.45) is 1.84. The normalized spacial score (nSPS) is 18.1. The Morgan fingerprint density at radius 3 is 2.56 bits per heavy atom. The largest absolute Gasteiger partial charge is 0.506 e. The Labute approximate surface area is 50.6 Å². The molecule has 5 heteroatoms. The topological polar surface area (TPSA) is 73.2 Å². The van der Waals surface area contributed by atoms with Gasteiger partial charge in [0.25, 0.3) is 0 Å². The van der Waals surface area contributed by atoms with Gasteiger partial charge >= 0.3 is 5.95 Å². The van der Waals surface area contributed by atoms with Gasteiger partial charge < -0.3 is 15.1 Å². The molecule has 1 aliphatic heterocycles. The van der Waals surface area contributed by atoms with E-state index in [0.717, 1.165) is 12.3 Å². The molecule has 0 radical (unpaired) electrons. The van der Waals surface area contributed by atoms with Crippen molar-refractivity contribution >= 4 is 0 Å². The van der Waals surface area contributed by atoms with Crippen molar-refractivity contribution in [2.24, 2.45) is 0 Å². The van der Waals surface area contributed by atoms with Crippen molar-refractivity contribution < 1.29 is 20.3 Å². The Bertz CT molecular complexity index is 173. The number of aliphatic hydroxyl groups excluding tert-OH is 2. The van der Waals surface area contributed by atoms with Gasteiger partial charge in [-0.2, -0.15) is 0 Å². The number of hydroxylamine groups is 2. The molecule has 0 atom stereocenters. The van der Waals surface area contributed by atoms with E-state index in [0.29, 0.717) is 0 Å². The van der Waals surface area contributed by atoms with Gasteiger partial charge in [-0.1, -0.05) is 5.23 Å². The zero-order chi connectivity index (χ0) is 6.85. The van der Waals surface area contributed by atoms with Crippen LogP contribution in [0.2, 0.25) is 0 Å². The first kappa shape index (κ1) is 5.77. The van der Waals surface area contributed by atoms with Crippen LogP contribution in [0.15, 0.2) is 24.0 Å². The van der Waals surface area contributed by atoms with E-state index in [1.54, 1.807) is 0 Å². The van der Waals surface area contributed by atoms with Crippen LogP contribution in [0, 0.1) is 0 Å². The summed E-state index contributed by atoms with van der Waals surface area (Å²) < 4.78 is 0. The number of allylic oxidation sites excluding steroid dienone is 1. The molecule has 5 nitrogen and oxygen atoms in total. The minimum absolute atomic E-state index is 0.199. The molecule has 0 fully saturated rings. The molecule has 0 bridgehead atoms. The SMILES string of the molecule is OC1=CN(O)OC(O)=C1. The molecule has 0 aromatic rings. The molecule has 0 aliphatic carbocycles. The second kappa shape index (κ2) is 1.87. The lowest BCUT2D eigenvalue weighted by Gasteiger charge is -2.14. The maximum Gasteiger partial charge on any atom is 0.311 e. The Hall–Kier alpha value is -1.36. The third-order valence-corrected chi connectivity index (χ3v) is 0.701. The fourth-order valence-electron chi connectivity index (χ4n) is 0.425. The van der Waals surface area contributed by atoms with Crippen molar-refractivity contribution in [1.29, 1.82) is 0 Å². The van der Waals surface area contributed by atoms with Gasteiger partial charge in [-0.25, -0.2) is 0 Å². The van der Waals surface area contributed by atoms with Crippen LogP contribution < -0.4 is 0 Å². The lowest BCUT2D eigenvalue weighted by atomic mass is 10.5. The fourth-order valence-corrected chi connectivity index (χ4v) is 0.425. The van der Waals surface area contributed by atoms with E-state index in [1.807, 2.05) is 0 Å². The van der Waals surface area contributed by atoms with Crippen molar-refractivity contribution in [2.45, 2.75) is 0 Å². The van der Waals surface area contributed by atoms with E-state index in [1.165, 1.54) is 0 Å². The van der Waals surface area contributed by atoms with E-state index in [9.17, 15) is 0 Å². The molecule has 0 unspecified atom stereocenters. The molecular weight excluding hydrogens is 126 g/mol. The van der Waals surface area contributed by atoms with Crippen LogP contribution >= 0.6 is 0 Å². The number of hydrogen-bond donors (Lipinski definition) is 3. The molecule has 3 N–H and O–H groups in total.